The van der Waals surface area contributed by atoms with Gasteiger partial charge >= 0.3 is 5.97 Å². The summed E-state index contributed by atoms with van der Waals surface area (Å²) >= 11 is 7.50. The lowest BCUT2D eigenvalue weighted by Gasteiger charge is -2.23. The number of esters is 1. The smallest absolute Gasteiger partial charge is 0.338 e. The molecule has 5 heterocycles. The van der Waals surface area contributed by atoms with E-state index in [0.717, 1.165) is 9.35 Å². The summed E-state index contributed by atoms with van der Waals surface area (Å²) in [5.41, 5.74) is 0.655. The fraction of sp³-hybridized carbons (Fsp3) is 0.174. The Morgan fingerprint density at radius 2 is 2.14 bits per heavy atom. The molecule has 0 saturated heterocycles. The lowest BCUT2D eigenvalue weighted by atomic mass is 10.0. The minimum Gasteiger partial charge on any atom is -0.463 e. The predicted octanol–water partition coefficient (Wildman–Crippen LogP) is 4.16. The zero-order valence-corrected chi connectivity index (χ0v) is 22.5. The van der Waals surface area contributed by atoms with Crippen LogP contribution in [0, 0.1) is 0 Å². The fourth-order valence-electron chi connectivity index (χ4n) is 3.57. The van der Waals surface area contributed by atoms with Crippen molar-refractivity contribution in [1.82, 2.24) is 14.5 Å². The number of fused-ring (bicyclic) bond motifs is 1. The molecule has 5 rings (SSSR count). The van der Waals surface area contributed by atoms with Crippen LogP contribution in [-0.4, -0.2) is 27.1 Å². The molecule has 0 unspecified atom stereocenters. The zero-order chi connectivity index (χ0) is 24.5. The number of carbonyl (C=O) groups is 1. The van der Waals surface area contributed by atoms with Gasteiger partial charge in [-0.1, -0.05) is 17.4 Å². The maximum atomic E-state index is 13.6. The molecule has 0 saturated carbocycles. The van der Waals surface area contributed by atoms with Gasteiger partial charge in [0, 0.05) is 23.3 Å². The van der Waals surface area contributed by atoms with Crippen molar-refractivity contribution < 1.29 is 13.9 Å². The van der Waals surface area contributed by atoms with Crippen molar-refractivity contribution in [3.8, 4) is 0 Å². The topological polar surface area (TPSA) is 99.6 Å². The summed E-state index contributed by atoms with van der Waals surface area (Å²) in [7, 11) is 0. The number of aromatic nitrogens is 3. The van der Waals surface area contributed by atoms with Crippen molar-refractivity contribution in [3.05, 3.63) is 88.1 Å². The summed E-state index contributed by atoms with van der Waals surface area (Å²) in [5.74, 6) is 0.0239. The predicted molar refractivity (Wildman–Crippen MR) is 137 cm³/mol. The van der Waals surface area contributed by atoms with Gasteiger partial charge in [-0.3, -0.25) is 9.36 Å². The van der Waals surface area contributed by atoms with Gasteiger partial charge in [0.2, 0.25) is 0 Å². The highest BCUT2D eigenvalue weighted by atomic mass is 79.9. The van der Waals surface area contributed by atoms with E-state index in [1.165, 1.54) is 34.4 Å². The van der Waals surface area contributed by atoms with Crippen LogP contribution in [0.25, 0.3) is 6.08 Å². The van der Waals surface area contributed by atoms with Gasteiger partial charge in [-0.05, 0) is 65.1 Å². The summed E-state index contributed by atoms with van der Waals surface area (Å²) in [4.78, 5) is 40.8. The molecule has 1 aliphatic rings. The Hall–Kier alpha value is -2.80. The zero-order valence-electron chi connectivity index (χ0n) is 18.4. The second-order valence-electron chi connectivity index (χ2n) is 7.24. The molecule has 0 fully saturated rings. The molecule has 0 spiro atoms. The molecule has 4 aromatic rings. The first-order valence-electron chi connectivity index (χ1n) is 10.4. The van der Waals surface area contributed by atoms with Gasteiger partial charge in [0.05, 0.1) is 26.9 Å². The minimum absolute atomic E-state index is 0.235. The largest absolute Gasteiger partial charge is 0.463 e. The highest BCUT2D eigenvalue weighted by Gasteiger charge is 2.33. The first kappa shape index (κ1) is 23.9. The number of carbonyl (C=O) groups excluding carboxylic acids is 1. The van der Waals surface area contributed by atoms with Gasteiger partial charge in [0.25, 0.3) is 5.56 Å². The fourth-order valence-corrected chi connectivity index (χ4v) is 6.65. The van der Waals surface area contributed by atoms with E-state index in [4.69, 9.17) is 9.15 Å². The van der Waals surface area contributed by atoms with Crippen molar-refractivity contribution >= 4 is 62.4 Å². The number of allylic oxidation sites excluding steroid dienone is 1. The normalized spacial score (nSPS) is 15.7. The Balaban J connectivity index is 1.59. The molecule has 0 aromatic carbocycles. The van der Waals surface area contributed by atoms with Crippen molar-refractivity contribution in [2.45, 2.75) is 30.1 Å². The molecule has 8 nitrogen and oxygen atoms in total. The van der Waals surface area contributed by atoms with Crippen LogP contribution in [0.5, 0.6) is 0 Å². The summed E-state index contributed by atoms with van der Waals surface area (Å²) in [6.45, 7) is 3.75. The number of halogens is 1. The summed E-state index contributed by atoms with van der Waals surface area (Å²) in [6, 6.07) is 6.73. The number of ether oxygens (including phenoxy) is 1. The number of hydrogen-bond acceptors (Lipinski definition) is 10. The minimum atomic E-state index is -0.600. The van der Waals surface area contributed by atoms with Gasteiger partial charge in [-0.25, -0.2) is 19.8 Å². The molecule has 35 heavy (non-hydrogen) atoms. The van der Waals surface area contributed by atoms with Crippen LogP contribution < -0.4 is 14.9 Å². The lowest BCUT2D eigenvalue weighted by molar-refractivity contribution is -0.139. The third-order valence-corrected chi connectivity index (χ3v) is 8.64. The average Bonchev–Trinajstić information content (AvgIpc) is 3.55. The number of furan rings is 1. The average molecular weight is 590 g/mol. The van der Waals surface area contributed by atoms with E-state index in [1.54, 1.807) is 49.0 Å². The molecule has 0 amide bonds. The van der Waals surface area contributed by atoms with E-state index < -0.39 is 12.0 Å². The van der Waals surface area contributed by atoms with E-state index in [9.17, 15) is 9.59 Å². The maximum Gasteiger partial charge on any atom is 0.338 e. The number of hydrogen-bond donors (Lipinski definition) is 0. The highest BCUT2D eigenvalue weighted by Crippen LogP contribution is 2.35. The molecular weight excluding hydrogens is 572 g/mol. The first-order valence-corrected chi connectivity index (χ1v) is 13.7. The third-order valence-electron chi connectivity index (χ3n) is 5.00. The van der Waals surface area contributed by atoms with Gasteiger partial charge in [0.15, 0.2) is 15.1 Å². The Kier molecular flexibility index (Phi) is 6.87. The monoisotopic (exact) mass is 588 g/mol. The number of thiazole rings is 1. The number of thiophene rings is 1. The van der Waals surface area contributed by atoms with E-state index in [1.807, 2.05) is 17.5 Å². The van der Waals surface area contributed by atoms with E-state index in [0.29, 0.717) is 36.6 Å². The molecule has 178 valence electrons. The van der Waals surface area contributed by atoms with Crippen molar-refractivity contribution in [3.63, 3.8) is 0 Å². The molecule has 4 aromatic heterocycles. The Labute approximate surface area is 219 Å². The standard InChI is InChI=1S/C23H17BrN4O4S3/c1-3-31-20(30)17-12(2)27-23-28(18(17)15-6-4-9-33-15)19(29)16(34-23)11-13-10-14(24)21(32-13)35-22-25-7-5-8-26-22/h4-11,18H,3H2,1-2H3/t18-/m0/s1. The summed E-state index contributed by atoms with van der Waals surface area (Å²) in [5, 5.41) is 3.04. The Bertz CT molecular complexity index is 1600. The van der Waals surface area contributed by atoms with Crippen LogP contribution in [0.3, 0.4) is 0 Å². The first-order chi connectivity index (χ1) is 17.0. The Morgan fingerprint density at radius 3 is 2.86 bits per heavy atom. The van der Waals surface area contributed by atoms with Crippen LogP contribution in [0.1, 0.15) is 30.5 Å². The number of rotatable bonds is 6. The van der Waals surface area contributed by atoms with Gasteiger partial charge < -0.3 is 9.15 Å². The number of nitrogens with zero attached hydrogens (tertiary/aromatic N) is 4. The third kappa shape index (κ3) is 4.70. The molecule has 0 aliphatic carbocycles. The molecule has 12 heteroatoms. The van der Waals surface area contributed by atoms with E-state index in [-0.39, 0.29) is 12.2 Å². The van der Waals surface area contributed by atoms with E-state index in [2.05, 4.69) is 30.9 Å². The van der Waals surface area contributed by atoms with Crippen LogP contribution in [0.15, 0.2) is 82.2 Å². The van der Waals surface area contributed by atoms with Crippen LogP contribution in [0.4, 0.5) is 0 Å². The highest BCUT2D eigenvalue weighted by molar-refractivity contribution is 9.10. The molecular formula is C23H17BrN4O4S3. The molecule has 1 atom stereocenters. The van der Waals surface area contributed by atoms with Crippen LogP contribution in [-0.2, 0) is 9.53 Å². The second kappa shape index (κ2) is 10.1. The SMILES string of the molecule is CCOC(=O)C1=C(C)N=c2sc(=Cc3cc(Br)c(Sc4ncccn4)o3)c(=O)n2[C@H]1c1cccs1. The van der Waals surface area contributed by atoms with Crippen molar-refractivity contribution in [2.24, 2.45) is 4.99 Å². The Morgan fingerprint density at radius 1 is 1.34 bits per heavy atom. The summed E-state index contributed by atoms with van der Waals surface area (Å²) in [6.07, 6.45) is 4.99. The van der Waals surface area contributed by atoms with Gasteiger partial charge in [-0.2, -0.15) is 0 Å². The molecule has 0 bridgehead atoms. The lowest BCUT2D eigenvalue weighted by Crippen LogP contribution is -2.39. The maximum absolute atomic E-state index is 13.6. The quantitative estimate of drug-likeness (QED) is 0.246. The van der Waals surface area contributed by atoms with Crippen molar-refractivity contribution in [2.75, 3.05) is 6.61 Å². The summed E-state index contributed by atoms with van der Waals surface area (Å²) < 4.78 is 14.0. The van der Waals surface area contributed by atoms with Crippen LogP contribution in [0.2, 0.25) is 0 Å². The van der Waals surface area contributed by atoms with Crippen molar-refractivity contribution in [1.29, 1.82) is 0 Å². The second-order valence-corrected chi connectivity index (χ2v) is 11.0. The van der Waals surface area contributed by atoms with Gasteiger partial charge in [0.1, 0.15) is 11.8 Å². The van der Waals surface area contributed by atoms with E-state index >= 15 is 0 Å². The molecule has 1 aliphatic heterocycles. The van der Waals surface area contributed by atoms with Gasteiger partial charge in [-0.15, -0.1) is 11.3 Å². The molecule has 0 N–H and O–H groups in total. The van der Waals surface area contributed by atoms with Crippen LogP contribution >= 0.6 is 50.4 Å². The molecule has 0 radical (unpaired) electrons.